The summed E-state index contributed by atoms with van der Waals surface area (Å²) in [6.07, 6.45) is 0.712. The Balaban J connectivity index is 2.41. The zero-order valence-electron chi connectivity index (χ0n) is 11.5. The van der Waals surface area contributed by atoms with E-state index in [1.54, 1.807) is 27.7 Å². The molecule has 0 aromatic carbocycles. The molecule has 1 fully saturated rings. The number of amides is 1. The third kappa shape index (κ3) is 4.81. The molecule has 1 saturated heterocycles. The van der Waals surface area contributed by atoms with Gasteiger partial charge in [0.2, 0.25) is 0 Å². The number of sulfone groups is 1. The van der Waals surface area contributed by atoms with Crippen molar-refractivity contribution in [1.29, 1.82) is 0 Å². The van der Waals surface area contributed by atoms with Gasteiger partial charge in [0, 0.05) is 6.26 Å². The van der Waals surface area contributed by atoms with Crippen LogP contribution in [0.3, 0.4) is 0 Å². The quantitative estimate of drug-likeness (QED) is 0.771. The van der Waals surface area contributed by atoms with Crippen LogP contribution in [0.4, 0.5) is 4.79 Å². The second-order valence-corrected chi connectivity index (χ2v) is 8.06. The molecule has 0 bridgehead atoms. The van der Waals surface area contributed by atoms with E-state index in [0.29, 0.717) is 13.1 Å². The van der Waals surface area contributed by atoms with Gasteiger partial charge in [-0.3, -0.25) is 0 Å². The Labute approximate surface area is 108 Å². The molecule has 0 N–H and O–H groups in total. The first-order valence-corrected chi connectivity index (χ1v) is 7.76. The van der Waals surface area contributed by atoms with Gasteiger partial charge in [-0.1, -0.05) is 0 Å². The molecule has 0 radical (unpaired) electrons. The molecular weight excluding hydrogens is 258 g/mol. The van der Waals surface area contributed by atoms with Gasteiger partial charge < -0.3 is 14.4 Å². The number of hydrogen-bond donors (Lipinski definition) is 0. The van der Waals surface area contributed by atoms with Gasteiger partial charge in [-0.15, -0.1) is 0 Å². The molecule has 0 atom stereocenters. The van der Waals surface area contributed by atoms with Gasteiger partial charge in [-0.25, -0.2) is 13.2 Å². The SMILES string of the molecule is CC(C)(C)OC(=O)N1CC(C)(OCS(C)(=O)=O)C1. The molecule has 1 amide bonds. The van der Waals surface area contributed by atoms with Gasteiger partial charge in [0.25, 0.3) is 0 Å². The maximum absolute atomic E-state index is 11.7. The highest BCUT2D eigenvalue weighted by Crippen LogP contribution is 2.26. The molecule has 0 saturated carbocycles. The van der Waals surface area contributed by atoms with E-state index in [0.717, 1.165) is 6.26 Å². The monoisotopic (exact) mass is 279 g/mol. The lowest BCUT2D eigenvalue weighted by Crippen LogP contribution is -2.64. The molecule has 0 aliphatic carbocycles. The Morgan fingerprint density at radius 1 is 1.33 bits per heavy atom. The first-order valence-electron chi connectivity index (χ1n) is 5.70. The zero-order valence-corrected chi connectivity index (χ0v) is 12.3. The summed E-state index contributed by atoms with van der Waals surface area (Å²) >= 11 is 0. The van der Waals surface area contributed by atoms with E-state index in [1.165, 1.54) is 4.90 Å². The minimum atomic E-state index is -3.16. The number of ether oxygens (including phenoxy) is 2. The number of rotatable bonds is 3. The van der Waals surface area contributed by atoms with Crippen LogP contribution in [-0.4, -0.2) is 55.9 Å². The second-order valence-electron chi connectivity index (χ2n) is 5.97. The van der Waals surface area contributed by atoms with E-state index in [-0.39, 0.29) is 5.94 Å². The van der Waals surface area contributed by atoms with Crippen LogP contribution in [0.25, 0.3) is 0 Å². The van der Waals surface area contributed by atoms with Crippen LogP contribution >= 0.6 is 0 Å². The number of nitrogens with zero attached hydrogens (tertiary/aromatic N) is 1. The predicted molar refractivity (Wildman–Crippen MR) is 67.0 cm³/mol. The summed E-state index contributed by atoms with van der Waals surface area (Å²) in [6.45, 7) is 7.85. The molecule has 6 nitrogen and oxygen atoms in total. The van der Waals surface area contributed by atoms with Gasteiger partial charge in [0.15, 0.2) is 9.84 Å². The molecule has 1 heterocycles. The standard InChI is InChI=1S/C11H21NO5S/c1-10(2,3)17-9(13)12-6-11(4,7-12)16-8-18(5,14)15/h6-8H2,1-5H3. The highest BCUT2D eigenvalue weighted by Gasteiger charge is 2.44. The highest BCUT2D eigenvalue weighted by molar-refractivity contribution is 7.90. The van der Waals surface area contributed by atoms with Crippen LogP contribution in [0.15, 0.2) is 0 Å². The van der Waals surface area contributed by atoms with Crippen LogP contribution in [0.5, 0.6) is 0 Å². The highest BCUT2D eigenvalue weighted by atomic mass is 32.2. The van der Waals surface area contributed by atoms with Gasteiger partial charge in [-0.05, 0) is 27.7 Å². The lowest BCUT2D eigenvalue weighted by atomic mass is 9.97. The summed E-state index contributed by atoms with van der Waals surface area (Å²) in [6, 6.07) is 0. The fraction of sp³-hybridized carbons (Fsp3) is 0.909. The Bertz CT molecular complexity index is 417. The fourth-order valence-electron chi connectivity index (χ4n) is 1.56. The van der Waals surface area contributed by atoms with Crippen LogP contribution in [0.1, 0.15) is 27.7 Å². The first kappa shape index (κ1) is 15.2. The van der Waals surface area contributed by atoms with Crippen LogP contribution in [0, 0.1) is 0 Å². The van der Waals surface area contributed by atoms with E-state index in [9.17, 15) is 13.2 Å². The molecule has 0 spiro atoms. The maximum Gasteiger partial charge on any atom is 0.410 e. The predicted octanol–water partition coefficient (Wildman–Crippen LogP) is 1.01. The van der Waals surface area contributed by atoms with Crippen molar-refractivity contribution in [2.45, 2.75) is 38.9 Å². The lowest BCUT2D eigenvalue weighted by molar-refractivity contribution is -0.115. The lowest BCUT2D eigenvalue weighted by Gasteiger charge is -2.47. The summed E-state index contributed by atoms with van der Waals surface area (Å²) in [5, 5.41) is 0. The molecule has 0 aromatic rings. The minimum absolute atomic E-state index is 0.328. The van der Waals surface area contributed by atoms with E-state index >= 15 is 0 Å². The number of carbonyl (C=O) groups excluding carboxylic acids is 1. The average molecular weight is 279 g/mol. The van der Waals surface area contributed by atoms with E-state index < -0.39 is 27.1 Å². The largest absolute Gasteiger partial charge is 0.444 e. The Morgan fingerprint density at radius 2 is 1.83 bits per heavy atom. The number of likely N-dealkylation sites (tertiary alicyclic amines) is 1. The van der Waals surface area contributed by atoms with Crippen molar-refractivity contribution in [3.8, 4) is 0 Å². The normalized spacial score (nSPS) is 19.3. The molecule has 0 aromatic heterocycles. The van der Waals surface area contributed by atoms with Gasteiger partial charge in [0.1, 0.15) is 17.1 Å². The molecular formula is C11H21NO5S. The first-order chi connectivity index (χ1) is 7.90. The topological polar surface area (TPSA) is 72.9 Å². The fourth-order valence-corrected chi connectivity index (χ4v) is 2.06. The molecule has 106 valence electrons. The van der Waals surface area contributed by atoms with Crippen molar-refractivity contribution >= 4 is 15.9 Å². The smallest absolute Gasteiger partial charge is 0.410 e. The maximum atomic E-state index is 11.7. The van der Waals surface area contributed by atoms with Gasteiger partial charge in [0.05, 0.1) is 13.1 Å². The number of hydrogen-bond acceptors (Lipinski definition) is 5. The zero-order chi connectivity index (χ0) is 14.2. The third-order valence-corrected chi connectivity index (χ3v) is 2.87. The van der Waals surface area contributed by atoms with Crippen molar-refractivity contribution in [1.82, 2.24) is 4.90 Å². The number of carbonyl (C=O) groups is 1. The van der Waals surface area contributed by atoms with Crippen LogP contribution < -0.4 is 0 Å². The average Bonchev–Trinajstić information content (AvgIpc) is 2.06. The Kier molecular flexibility index (Phi) is 3.97. The molecule has 1 rings (SSSR count). The van der Waals surface area contributed by atoms with E-state index in [2.05, 4.69) is 0 Å². The molecule has 7 heteroatoms. The third-order valence-electron chi connectivity index (χ3n) is 2.32. The summed E-state index contributed by atoms with van der Waals surface area (Å²) < 4.78 is 32.5. The summed E-state index contributed by atoms with van der Waals surface area (Å²) in [7, 11) is -3.16. The van der Waals surface area contributed by atoms with E-state index in [1.807, 2.05) is 0 Å². The molecule has 18 heavy (non-hydrogen) atoms. The summed E-state index contributed by atoms with van der Waals surface area (Å²) in [5.41, 5.74) is -1.13. The van der Waals surface area contributed by atoms with Crippen LogP contribution in [-0.2, 0) is 19.3 Å². The van der Waals surface area contributed by atoms with Crippen molar-refractivity contribution in [3.05, 3.63) is 0 Å². The van der Waals surface area contributed by atoms with Gasteiger partial charge in [-0.2, -0.15) is 0 Å². The van der Waals surface area contributed by atoms with Crippen molar-refractivity contribution in [2.24, 2.45) is 0 Å². The Hall–Kier alpha value is -0.820. The van der Waals surface area contributed by atoms with Crippen molar-refractivity contribution < 1.29 is 22.7 Å². The molecule has 0 unspecified atom stereocenters. The van der Waals surface area contributed by atoms with Gasteiger partial charge >= 0.3 is 6.09 Å². The van der Waals surface area contributed by atoms with Crippen molar-refractivity contribution in [2.75, 3.05) is 25.3 Å². The van der Waals surface area contributed by atoms with Crippen LogP contribution in [0.2, 0.25) is 0 Å². The summed E-state index contributed by atoms with van der Waals surface area (Å²) in [5.74, 6) is -0.328. The molecule has 1 aliphatic rings. The summed E-state index contributed by atoms with van der Waals surface area (Å²) in [4.78, 5) is 13.2. The van der Waals surface area contributed by atoms with Crippen molar-refractivity contribution in [3.63, 3.8) is 0 Å². The molecule has 1 aliphatic heterocycles. The Morgan fingerprint density at radius 3 is 2.22 bits per heavy atom. The second kappa shape index (κ2) is 4.70. The van der Waals surface area contributed by atoms with E-state index in [4.69, 9.17) is 9.47 Å². The minimum Gasteiger partial charge on any atom is -0.444 e.